The van der Waals surface area contributed by atoms with E-state index in [9.17, 15) is 4.79 Å². The molecule has 0 bridgehead atoms. The quantitative estimate of drug-likeness (QED) is 0.327. The topological polar surface area (TPSA) is 60.0 Å². The van der Waals surface area contributed by atoms with E-state index >= 15 is 0 Å². The number of anilines is 1. The molecule has 0 saturated carbocycles. The van der Waals surface area contributed by atoms with Crippen molar-refractivity contribution in [3.05, 3.63) is 29.8 Å². The molecule has 0 spiro atoms. The van der Waals surface area contributed by atoms with E-state index in [0.29, 0.717) is 25.0 Å². The lowest BCUT2D eigenvalue weighted by Crippen LogP contribution is -2.45. The minimum Gasteiger partial charge on any atom is -0.355 e. The number of guanidine groups is 1. The highest BCUT2D eigenvalue weighted by Gasteiger charge is 2.21. The lowest BCUT2D eigenvalue weighted by molar-refractivity contribution is -0.117. The van der Waals surface area contributed by atoms with Crippen LogP contribution < -0.4 is 15.5 Å². The van der Waals surface area contributed by atoms with Crippen LogP contribution in [0.1, 0.15) is 46.1 Å². The molecule has 158 valence electrons. The molecule has 2 rings (SSSR count). The van der Waals surface area contributed by atoms with Crippen molar-refractivity contribution in [3.63, 3.8) is 0 Å². The molecule has 6 nitrogen and oxygen atoms in total. The first-order valence-corrected chi connectivity index (χ1v) is 10.0. The molecular weight excluding hydrogens is 465 g/mol. The number of carbonyl (C=O) groups excluding carboxylic acids is 1. The smallest absolute Gasteiger partial charge is 0.227 e. The maximum atomic E-state index is 11.8. The Morgan fingerprint density at radius 2 is 1.79 bits per heavy atom. The third-order valence-electron chi connectivity index (χ3n) is 4.99. The summed E-state index contributed by atoms with van der Waals surface area (Å²) in [5.74, 6) is 1.03. The molecule has 1 heterocycles. The van der Waals surface area contributed by atoms with Crippen LogP contribution in [0.15, 0.2) is 29.3 Å². The molecule has 0 aliphatic carbocycles. The molecule has 1 saturated heterocycles. The molecule has 1 amide bonds. The van der Waals surface area contributed by atoms with Crippen LogP contribution in [0, 0.1) is 0 Å². The number of amides is 1. The Balaban J connectivity index is 0.00000392. The number of rotatable bonds is 8. The molecule has 1 aliphatic heterocycles. The lowest BCUT2D eigenvalue weighted by atomic mass is 10.2. The zero-order valence-corrected chi connectivity index (χ0v) is 20.2. The van der Waals surface area contributed by atoms with Crippen LogP contribution in [0.5, 0.6) is 0 Å². The summed E-state index contributed by atoms with van der Waals surface area (Å²) in [6.07, 6.45) is 1.62. The zero-order chi connectivity index (χ0) is 19.8. The number of halogens is 1. The molecule has 0 aromatic heterocycles. The zero-order valence-electron chi connectivity index (χ0n) is 17.9. The average Bonchev–Trinajstić information content (AvgIpc) is 3.07. The van der Waals surface area contributed by atoms with Crippen LogP contribution >= 0.6 is 24.0 Å². The lowest BCUT2D eigenvalue weighted by Gasteiger charge is -2.30. The second-order valence-electron chi connectivity index (χ2n) is 7.59. The van der Waals surface area contributed by atoms with Gasteiger partial charge in [-0.15, -0.1) is 24.0 Å². The largest absolute Gasteiger partial charge is 0.355 e. The average molecular weight is 501 g/mol. The number of nitrogens with zero attached hydrogens (tertiary/aromatic N) is 3. The molecule has 1 fully saturated rings. The summed E-state index contributed by atoms with van der Waals surface area (Å²) in [4.78, 5) is 20.5. The highest BCUT2D eigenvalue weighted by molar-refractivity contribution is 14.0. The van der Waals surface area contributed by atoms with E-state index in [2.05, 4.69) is 60.4 Å². The highest BCUT2D eigenvalue weighted by atomic mass is 127. The minimum atomic E-state index is 0. The summed E-state index contributed by atoms with van der Waals surface area (Å²) >= 11 is 0. The number of hydrogen-bond donors (Lipinski definition) is 2. The first-order valence-electron chi connectivity index (χ1n) is 10.0. The Labute approximate surface area is 187 Å². The van der Waals surface area contributed by atoms with Gasteiger partial charge in [-0.2, -0.15) is 0 Å². The van der Waals surface area contributed by atoms with Crippen LogP contribution in [0.2, 0.25) is 0 Å². The highest BCUT2D eigenvalue weighted by Crippen LogP contribution is 2.21. The third kappa shape index (κ3) is 7.24. The Kier molecular flexibility index (Phi) is 10.8. The predicted molar refractivity (Wildman–Crippen MR) is 129 cm³/mol. The van der Waals surface area contributed by atoms with E-state index in [4.69, 9.17) is 0 Å². The summed E-state index contributed by atoms with van der Waals surface area (Å²) in [5.41, 5.74) is 2.16. The fourth-order valence-corrected chi connectivity index (χ4v) is 3.54. The molecule has 7 heteroatoms. The van der Waals surface area contributed by atoms with Gasteiger partial charge in [0, 0.05) is 57.4 Å². The Morgan fingerprint density at radius 1 is 1.14 bits per heavy atom. The Bertz CT molecular complexity index is 622. The van der Waals surface area contributed by atoms with Crippen molar-refractivity contribution in [3.8, 4) is 0 Å². The number of nitrogens with one attached hydrogen (secondary N) is 2. The maximum Gasteiger partial charge on any atom is 0.227 e. The van der Waals surface area contributed by atoms with Crippen LogP contribution in [-0.2, 0) is 11.3 Å². The standard InChI is InChI=1S/C21H35N5O.HI/c1-16(2)25(17(3)4)14-12-23-21(22-5)24-15-18-8-10-19(11-9-18)26-13-6-7-20(26)27;/h8-11,16-17H,6-7,12-15H2,1-5H3,(H2,22,23,24);1H. The fraction of sp³-hybridized carbons (Fsp3) is 0.619. The molecule has 0 atom stereocenters. The van der Waals surface area contributed by atoms with Gasteiger partial charge in [-0.05, 0) is 51.8 Å². The van der Waals surface area contributed by atoms with Gasteiger partial charge in [0.05, 0.1) is 0 Å². The summed E-state index contributed by atoms with van der Waals surface area (Å²) in [6, 6.07) is 9.26. The predicted octanol–water partition coefficient (Wildman–Crippen LogP) is 3.22. The van der Waals surface area contributed by atoms with E-state index in [1.54, 1.807) is 7.05 Å². The van der Waals surface area contributed by atoms with Crippen LogP contribution in [0.25, 0.3) is 0 Å². The normalized spacial score (nSPS) is 14.8. The van der Waals surface area contributed by atoms with Crippen molar-refractivity contribution in [1.29, 1.82) is 0 Å². The summed E-state index contributed by atoms with van der Waals surface area (Å²) in [5, 5.41) is 6.74. The molecule has 1 aromatic rings. The molecule has 28 heavy (non-hydrogen) atoms. The molecule has 1 aromatic carbocycles. The van der Waals surface area contributed by atoms with Crippen molar-refractivity contribution in [2.45, 2.75) is 59.2 Å². The summed E-state index contributed by atoms with van der Waals surface area (Å²) in [7, 11) is 1.79. The number of aliphatic imine (C=N–C) groups is 1. The number of carbonyl (C=O) groups is 1. The summed E-state index contributed by atoms with van der Waals surface area (Å²) < 4.78 is 0. The van der Waals surface area contributed by atoms with Gasteiger partial charge >= 0.3 is 0 Å². The van der Waals surface area contributed by atoms with Gasteiger partial charge in [0.25, 0.3) is 0 Å². The third-order valence-corrected chi connectivity index (χ3v) is 4.99. The van der Waals surface area contributed by atoms with Crippen LogP contribution in [-0.4, -0.2) is 55.5 Å². The van der Waals surface area contributed by atoms with Gasteiger partial charge in [0.1, 0.15) is 0 Å². The Hall–Kier alpha value is -1.35. The van der Waals surface area contributed by atoms with Crippen molar-refractivity contribution in [2.24, 2.45) is 4.99 Å². The molecular formula is C21H36IN5O. The Morgan fingerprint density at radius 3 is 2.29 bits per heavy atom. The molecule has 0 radical (unpaired) electrons. The number of benzene rings is 1. The van der Waals surface area contributed by atoms with Gasteiger partial charge in [-0.1, -0.05) is 12.1 Å². The van der Waals surface area contributed by atoms with E-state index in [1.807, 2.05) is 17.0 Å². The van der Waals surface area contributed by atoms with Gasteiger partial charge in [0.2, 0.25) is 5.91 Å². The minimum absolute atomic E-state index is 0. The summed E-state index contributed by atoms with van der Waals surface area (Å²) in [6.45, 7) is 12.3. The van der Waals surface area contributed by atoms with Crippen LogP contribution in [0.3, 0.4) is 0 Å². The van der Waals surface area contributed by atoms with Crippen molar-refractivity contribution >= 4 is 41.5 Å². The van der Waals surface area contributed by atoms with Gasteiger partial charge < -0.3 is 15.5 Å². The van der Waals surface area contributed by atoms with Gasteiger partial charge in [-0.25, -0.2) is 0 Å². The second kappa shape index (κ2) is 12.3. The van der Waals surface area contributed by atoms with Crippen molar-refractivity contribution in [1.82, 2.24) is 15.5 Å². The first kappa shape index (κ1) is 24.7. The van der Waals surface area contributed by atoms with E-state index in [-0.39, 0.29) is 29.9 Å². The van der Waals surface area contributed by atoms with Crippen molar-refractivity contribution < 1.29 is 4.79 Å². The van der Waals surface area contributed by atoms with E-state index in [1.165, 1.54) is 5.56 Å². The first-order chi connectivity index (χ1) is 12.9. The van der Waals surface area contributed by atoms with Crippen LogP contribution in [0.4, 0.5) is 5.69 Å². The van der Waals surface area contributed by atoms with E-state index in [0.717, 1.165) is 37.7 Å². The monoisotopic (exact) mass is 501 g/mol. The molecule has 1 aliphatic rings. The number of hydrogen-bond acceptors (Lipinski definition) is 3. The SMILES string of the molecule is CN=C(NCCN(C(C)C)C(C)C)NCc1ccc(N2CCCC2=O)cc1.I. The molecule has 0 unspecified atom stereocenters. The van der Waals surface area contributed by atoms with Gasteiger partial charge in [-0.3, -0.25) is 14.7 Å². The van der Waals surface area contributed by atoms with Gasteiger partial charge in [0.15, 0.2) is 5.96 Å². The maximum absolute atomic E-state index is 11.8. The molecule has 2 N–H and O–H groups in total. The second-order valence-corrected chi connectivity index (χ2v) is 7.59. The fourth-order valence-electron chi connectivity index (χ4n) is 3.54. The van der Waals surface area contributed by atoms with E-state index < -0.39 is 0 Å². The van der Waals surface area contributed by atoms with Crippen molar-refractivity contribution in [2.75, 3.05) is 31.6 Å².